The monoisotopic (exact) mass is 558 g/mol. The number of benzene rings is 2. The van der Waals surface area contributed by atoms with Crippen molar-refractivity contribution in [2.75, 3.05) is 53.3 Å². The minimum atomic E-state index is -3.22. The van der Waals surface area contributed by atoms with Crippen molar-refractivity contribution < 1.29 is 27.8 Å². The number of rotatable bonds is 11. The number of nitrogens with zero attached hydrogens (tertiary/aromatic N) is 2. The molecular weight excluding hydrogens is 520 g/mol. The number of sulfonamides is 1. The minimum Gasteiger partial charge on any atom is -0.493 e. The van der Waals surface area contributed by atoms with Crippen LogP contribution >= 0.6 is 0 Å². The molecule has 2 aromatic carbocycles. The molecule has 0 unspecified atom stereocenters. The van der Waals surface area contributed by atoms with Gasteiger partial charge in [0, 0.05) is 43.3 Å². The molecule has 0 atom stereocenters. The number of primary amides is 1. The molecule has 0 aliphatic carbocycles. The average molecular weight is 559 g/mol. The maximum Gasteiger partial charge on any atom is 0.250 e. The van der Waals surface area contributed by atoms with E-state index >= 15 is 0 Å². The molecule has 1 aliphatic heterocycles. The third-order valence-electron chi connectivity index (χ3n) is 7.55. The number of aliphatic hydroxyl groups excluding tert-OH is 1. The zero-order valence-corrected chi connectivity index (χ0v) is 23.8. The maximum atomic E-state index is 12.5. The molecule has 39 heavy (non-hydrogen) atoms. The van der Waals surface area contributed by atoms with Crippen LogP contribution in [0.25, 0.3) is 22.0 Å². The van der Waals surface area contributed by atoms with E-state index in [9.17, 15) is 18.3 Å². The minimum absolute atomic E-state index is 0.0356. The number of aliphatic hydroxyl groups is 1. The first kappa shape index (κ1) is 28.9. The predicted molar refractivity (Wildman–Crippen MR) is 152 cm³/mol. The summed E-state index contributed by atoms with van der Waals surface area (Å²) < 4.78 is 37.6. The summed E-state index contributed by atoms with van der Waals surface area (Å²) in [7, 11) is 1.86. The van der Waals surface area contributed by atoms with Crippen molar-refractivity contribution in [3.8, 4) is 22.6 Å². The quantitative estimate of drug-likeness (QED) is 0.329. The first-order chi connectivity index (χ1) is 18.6. The largest absolute Gasteiger partial charge is 0.493 e. The molecule has 0 radical (unpaired) electrons. The number of H-pyrrole nitrogens is 1. The highest BCUT2D eigenvalue weighted by Gasteiger charge is 2.29. The van der Waals surface area contributed by atoms with Crippen LogP contribution in [-0.4, -0.2) is 86.9 Å². The fourth-order valence-electron chi connectivity index (χ4n) is 5.45. The lowest BCUT2D eigenvalue weighted by Gasteiger charge is -2.31. The van der Waals surface area contributed by atoms with Gasteiger partial charge in [-0.1, -0.05) is 0 Å². The van der Waals surface area contributed by atoms with E-state index in [1.54, 1.807) is 31.5 Å². The summed E-state index contributed by atoms with van der Waals surface area (Å²) in [5.41, 5.74) is 10.4. The number of nitrogens with one attached hydrogen (secondary N) is 1. The highest BCUT2D eigenvalue weighted by molar-refractivity contribution is 7.89. The Labute approximate surface area is 229 Å². The Kier molecular flexibility index (Phi) is 8.85. The van der Waals surface area contributed by atoms with E-state index in [0.29, 0.717) is 61.6 Å². The fraction of sp³-hybridized carbons (Fsp3) is 0.464. The molecule has 11 heteroatoms. The summed E-state index contributed by atoms with van der Waals surface area (Å²) in [6.07, 6.45) is 3.31. The van der Waals surface area contributed by atoms with E-state index < -0.39 is 15.9 Å². The standard InChI is InChI=1S/C28H38N4O6S/c1-5-39(35,36)32-8-6-18(7-9-32)24-16-30-26-22(24)13-20(14-23(26)28(29)34)19-12-21(17-31(2)10-11-33)27(38-4)25(15-19)37-3/h12-16,18,30,33H,5-11,17H2,1-4H3,(H2,29,34). The van der Waals surface area contributed by atoms with Gasteiger partial charge in [-0.05, 0) is 73.7 Å². The summed E-state index contributed by atoms with van der Waals surface area (Å²) in [4.78, 5) is 17.8. The summed E-state index contributed by atoms with van der Waals surface area (Å²) in [5, 5.41) is 10.3. The topological polar surface area (TPSA) is 138 Å². The second kappa shape index (κ2) is 12.0. The van der Waals surface area contributed by atoms with Gasteiger partial charge in [-0.25, -0.2) is 12.7 Å². The Morgan fingerprint density at radius 1 is 1.15 bits per heavy atom. The highest BCUT2D eigenvalue weighted by atomic mass is 32.2. The van der Waals surface area contributed by atoms with Crippen LogP contribution in [0.15, 0.2) is 30.5 Å². The lowest BCUT2D eigenvalue weighted by molar-refractivity contribution is 0.100. The summed E-state index contributed by atoms with van der Waals surface area (Å²) in [6, 6.07) is 7.71. The zero-order chi connectivity index (χ0) is 28.3. The van der Waals surface area contributed by atoms with Crippen LogP contribution in [0.3, 0.4) is 0 Å². The van der Waals surface area contributed by atoms with Crippen LogP contribution < -0.4 is 15.2 Å². The van der Waals surface area contributed by atoms with Crippen molar-refractivity contribution in [1.29, 1.82) is 0 Å². The summed E-state index contributed by atoms with van der Waals surface area (Å²) >= 11 is 0. The number of nitrogens with two attached hydrogens (primary N) is 1. The number of amides is 1. The Hall–Kier alpha value is -3.12. The third kappa shape index (κ3) is 5.91. The fourth-order valence-corrected chi connectivity index (χ4v) is 6.58. The van der Waals surface area contributed by atoms with Gasteiger partial charge in [0.2, 0.25) is 10.0 Å². The van der Waals surface area contributed by atoms with Gasteiger partial charge in [-0.15, -0.1) is 0 Å². The van der Waals surface area contributed by atoms with Gasteiger partial charge < -0.3 is 25.3 Å². The summed E-state index contributed by atoms with van der Waals surface area (Å²) in [5.74, 6) is 0.869. The van der Waals surface area contributed by atoms with Crippen molar-refractivity contribution in [2.45, 2.75) is 32.2 Å². The number of aromatic amines is 1. The number of likely N-dealkylation sites (N-methyl/N-ethyl adjacent to an activating group) is 1. The molecule has 0 spiro atoms. The molecule has 10 nitrogen and oxygen atoms in total. The molecule has 4 N–H and O–H groups in total. The molecule has 3 aromatic rings. The number of methoxy groups -OCH3 is 2. The number of piperidine rings is 1. The van der Waals surface area contributed by atoms with Crippen LogP contribution in [0.2, 0.25) is 0 Å². The Balaban J connectivity index is 1.79. The lowest BCUT2D eigenvalue weighted by Crippen LogP contribution is -2.38. The number of carbonyl (C=O) groups is 1. The van der Waals surface area contributed by atoms with Crippen LogP contribution in [0, 0.1) is 0 Å². The van der Waals surface area contributed by atoms with Gasteiger partial charge in [-0.2, -0.15) is 0 Å². The Morgan fingerprint density at radius 3 is 2.44 bits per heavy atom. The predicted octanol–water partition coefficient (Wildman–Crippen LogP) is 2.90. The number of hydrogen-bond donors (Lipinski definition) is 3. The first-order valence-electron chi connectivity index (χ1n) is 13.1. The van der Waals surface area contributed by atoms with Crippen molar-refractivity contribution in [3.63, 3.8) is 0 Å². The first-order valence-corrected chi connectivity index (χ1v) is 14.7. The number of hydrogen-bond acceptors (Lipinski definition) is 7. The zero-order valence-electron chi connectivity index (χ0n) is 23.0. The number of carbonyl (C=O) groups excluding carboxylic acids is 1. The molecule has 1 amide bonds. The van der Waals surface area contributed by atoms with Crippen LogP contribution in [0.4, 0.5) is 0 Å². The van der Waals surface area contributed by atoms with Gasteiger partial charge in [0.1, 0.15) is 0 Å². The van der Waals surface area contributed by atoms with Crippen molar-refractivity contribution in [2.24, 2.45) is 5.73 Å². The van der Waals surface area contributed by atoms with Gasteiger partial charge in [0.05, 0.1) is 37.7 Å². The van der Waals surface area contributed by atoms with Crippen molar-refractivity contribution in [1.82, 2.24) is 14.2 Å². The normalized spacial score (nSPS) is 15.2. The van der Waals surface area contributed by atoms with Crippen LogP contribution in [0.1, 0.15) is 47.2 Å². The second-order valence-electron chi connectivity index (χ2n) is 9.96. The van der Waals surface area contributed by atoms with Gasteiger partial charge >= 0.3 is 0 Å². The number of fused-ring (bicyclic) bond motifs is 1. The molecule has 1 aromatic heterocycles. The average Bonchev–Trinajstić information content (AvgIpc) is 3.36. The second-order valence-corrected chi connectivity index (χ2v) is 12.2. The lowest BCUT2D eigenvalue weighted by atomic mass is 9.88. The number of aromatic nitrogens is 1. The van der Waals surface area contributed by atoms with Crippen molar-refractivity contribution in [3.05, 3.63) is 47.2 Å². The van der Waals surface area contributed by atoms with E-state index in [1.165, 1.54) is 0 Å². The maximum absolute atomic E-state index is 12.5. The third-order valence-corrected chi connectivity index (χ3v) is 9.43. The molecule has 4 rings (SSSR count). The number of ether oxygens (including phenoxy) is 2. The molecule has 2 heterocycles. The molecule has 1 saturated heterocycles. The molecule has 1 aliphatic rings. The molecule has 212 valence electrons. The smallest absolute Gasteiger partial charge is 0.250 e. The molecule has 0 bridgehead atoms. The highest BCUT2D eigenvalue weighted by Crippen LogP contribution is 2.40. The van der Waals surface area contributed by atoms with Crippen molar-refractivity contribution >= 4 is 26.8 Å². The van der Waals surface area contributed by atoms with Gasteiger partial charge in [0.25, 0.3) is 5.91 Å². The van der Waals surface area contributed by atoms with E-state index in [4.69, 9.17) is 15.2 Å². The summed E-state index contributed by atoms with van der Waals surface area (Å²) in [6.45, 7) is 3.66. The Morgan fingerprint density at radius 2 is 1.85 bits per heavy atom. The molecule has 0 saturated carbocycles. The Bertz CT molecular complexity index is 1440. The van der Waals surface area contributed by atoms with E-state index in [0.717, 1.165) is 27.6 Å². The van der Waals surface area contributed by atoms with Gasteiger partial charge in [-0.3, -0.25) is 9.69 Å². The van der Waals surface area contributed by atoms with E-state index in [2.05, 4.69) is 4.98 Å². The molecular formula is C28H38N4O6S. The van der Waals surface area contributed by atoms with Gasteiger partial charge in [0.15, 0.2) is 11.5 Å². The SMILES string of the molecule is CCS(=O)(=O)N1CCC(c2c[nH]c3c(C(N)=O)cc(-c4cc(CN(C)CCO)c(OC)c(OC)c4)cc23)CC1. The molecule has 1 fully saturated rings. The van der Waals surface area contributed by atoms with Crippen LogP contribution in [-0.2, 0) is 16.6 Å². The van der Waals surface area contributed by atoms with Crippen LogP contribution in [0.5, 0.6) is 11.5 Å². The van der Waals surface area contributed by atoms with E-state index in [1.807, 2.05) is 36.3 Å². The van der Waals surface area contributed by atoms with E-state index in [-0.39, 0.29) is 18.3 Å².